The maximum atomic E-state index is 10.1. The summed E-state index contributed by atoms with van der Waals surface area (Å²) in [4.78, 5) is 6.96. The maximum absolute atomic E-state index is 10.1. The SMILES string of the molecule is CS(=O)(=O)[O-].[C-]#[N+]/C(C#N)=C(\C(C#N)=CC=C1Sc2cc3ccccc3cc2N1CCCCCC)c1ccc(C)cc1. The molecule has 3 aromatic rings. The van der Waals surface area contributed by atoms with Gasteiger partial charge in [-0.15, -0.1) is 0 Å². The first kappa shape index (κ1) is 32.2. The third kappa shape index (κ3) is 8.83. The number of rotatable bonds is 8. The molecule has 0 spiro atoms. The van der Waals surface area contributed by atoms with Crippen LogP contribution >= 0.6 is 11.8 Å². The summed E-state index contributed by atoms with van der Waals surface area (Å²) in [6, 6.07) is 24.7. The summed E-state index contributed by atoms with van der Waals surface area (Å²) in [6.45, 7) is 12.6. The summed E-state index contributed by atoms with van der Waals surface area (Å²) in [7, 11) is -3.92. The number of unbranched alkanes of at least 4 members (excludes halogenated alkanes) is 3. The van der Waals surface area contributed by atoms with Crippen LogP contribution in [0.1, 0.15) is 43.7 Å². The Bertz CT molecular complexity index is 1740. The molecule has 0 saturated carbocycles. The average Bonchev–Trinajstić information content (AvgIpc) is 3.29. The monoisotopic (exact) mass is 595 g/mol. The smallest absolute Gasteiger partial charge is 0.270 e. The summed E-state index contributed by atoms with van der Waals surface area (Å²) in [6.07, 6.45) is 8.96. The van der Waals surface area contributed by atoms with Gasteiger partial charge >= 0.3 is 0 Å². The molecule has 214 valence electrons. The summed E-state index contributed by atoms with van der Waals surface area (Å²) >= 11 is 1.70. The van der Waals surface area contributed by atoms with E-state index in [-0.39, 0.29) is 5.70 Å². The standard InChI is InChI=1S/C32H28N4S.CH4O3S/c1-4-5-6-9-18-36-29-19-25-10-7-8-11-26(25)20-30(29)37-31(36)17-16-27(21-33)32(28(22-34)35-3)24-14-12-23(2)13-15-24;1-5(2,3)4/h7-8,10-17,19-20H,4-6,9,18H2,1-2H3;1H3,(H,2,3,4)/p-1/b27-16?,31-17?,32-28-;. The highest BCUT2D eigenvalue weighted by Gasteiger charge is 2.25. The van der Waals surface area contributed by atoms with Gasteiger partial charge in [-0.05, 0) is 54.0 Å². The fourth-order valence-corrected chi connectivity index (χ4v) is 5.57. The largest absolute Gasteiger partial charge is 0.748 e. The van der Waals surface area contributed by atoms with Gasteiger partial charge < -0.3 is 9.45 Å². The molecule has 0 saturated heterocycles. The highest BCUT2D eigenvalue weighted by molar-refractivity contribution is 8.03. The first-order chi connectivity index (χ1) is 20.1. The lowest BCUT2D eigenvalue weighted by Crippen LogP contribution is -2.19. The summed E-state index contributed by atoms with van der Waals surface area (Å²) in [5, 5.41) is 23.2. The normalized spacial score (nSPS) is 14.3. The molecule has 0 amide bonds. The number of aryl methyl sites for hydroxylation is 1. The Hall–Kier alpha value is -4.33. The molecule has 3 aromatic carbocycles. The zero-order valence-corrected chi connectivity index (χ0v) is 25.4. The fraction of sp³-hybridized carbons (Fsp3) is 0.242. The van der Waals surface area contributed by atoms with Gasteiger partial charge in [-0.1, -0.05) is 92.0 Å². The number of benzene rings is 3. The van der Waals surface area contributed by atoms with Gasteiger partial charge in [-0.3, -0.25) is 0 Å². The number of nitrogens with zero attached hydrogens (tertiary/aromatic N) is 4. The van der Waals surface area contributed by atoms with Crippen LogP contribution in [-0.4, -0.2) is 25.8 Å². The van der Waals surface area contributed by atoms with Crippen LogP contribution in [0.25, 0.3) is 21.2 Å². The number of hydrogen-bond acceptors (Lipinski definition) is 7. The molecule has 1 heterocycles. The van der Waals surface area contributed by atoms with E-state index in [2.05, 4.69) is 59.1 Å². The van der Waals surface area contributed by atoms with E-state index >= 15 is 0 Å². The molecule has 0 aliphatic carbocycles. The van der Waals surface area contributed by atoms with E-state index in [9.17, 15) is 10.5 Å². The van der Waals surface area contributed by atoms with E-state index < -0.39 is 10.1 Å². The van der Waals surface area contributed by atoms with E-state index in [0.717, 1.165) is 23.6 Å². The first-order valence-corrected chi connectivity index (χ1v) is 16.0. The first-order valence-electron chi connectivity index (χ1n) is 13.4. The van der Waals surface area contributed by atoms with Crippen molar-refractivity contribution in [3.05, 3.63) is 112 Å². The highest BCUT2D eigenvalue weighted by Crippen LogP contribution is 2.48. The number of hydrogen-bond donors (Lipinski definition) is 0. The van der Waals surface area contributed by atoms with Gasteiger partial charge in [0.05, 0.1) is 45.1 Å². The van der Waals surface area contributed by atoms with E-state index in [4.69, 9.17) is 19.5 Å². The Morgan fingerprint density at radius 3 is 2.26 bits per heavy atom. The lowest BCUT2D eigenvalue weighted by Gasteiger charge is -2.20. The lowest BCUT2D eigenvalue weighted by atomic mass is 9.95. The second-order valence-corrected chi connectivity index (χ2v) is 12.2. The zero-order valence-electron chi connectivity index (χ0n) is 23.8. The van der Waals surface area contributed by atoms with E-state index in [1.165, 1.54) is 40.6 Å². The minimum atomic E-state index is -3.92. The van der Waals surface area contributed by atoms with E-state index in [0.29, 0.717) is 23.0 Å². The third-order valence-corrected chi connectivity index (χ3v) is 7.52. The summed E-state index contributed by atoms with van der Waals surface area (Å²) < 4.78 is 27.2. The molecule has 0 fully saturated rings. The molecule has 0 radical (unpaired) electrons. The summed E-state index contributed by atoms with van der Waals surface area (Å²) in [5.41, 5.74) is 3.54. The van der Waals surface area contributed by atoms with Crippen LogP contribution in [-0.2, 0) is 10.1 Å². The molecule has 4 rings (SSSR count). The Morgan fingerprint density at radius 1 is 1.05 bits per heavy atom. The van der Waals surface area contributed by atoms with Crippen molar-refractivity contribution in [1.82, 2.24) is 0 Å². The average molecular weight is 596 g/mol. The van der Waals surface area contributed by atoms with Crippen molar-refractivity contribution in [2.75, 3.05) is 17.7 Å². The number of fused-ring (bicyclic) bond motifs is 2. The quantitative estimate of drug-likeness (QED) is 0.0854. The Kier molecular flexibility index (Phi) is 11.5. The van der Waals surface area contributed by atoms with Gasteiger partial charge in [0, 0.05) is 23.3 Å². The Morgan fingerprint density at radius 2 is 1.69 bits per heavy atom. The van der Waals surface area contributed by atoms with Crippen LogP contribution in [0.15, 0.2) is 94.0 Å². The van der Waals surface area contributed by atoms with E-state index in [1.54, 1.807) is 17.8 Å². The molecule has 42 heavy (non-hydrogen) atoms. The molecule has 0 atom stereocenters. The molecule has 7 nitrogen and oxygen atoms in total. The van der Waals surface area contributed by atoms with Crippen LogP contribution in [0.5, 0.6) is 0 Å². The molecular weight excluding hydrogens is 565 g/mol. The van der Waals surface area contributed by atoms with Crippen molar-refractivity contribution in [2.45, 2.75) is 44.4 Å². The van der Waals surface area contributed by atoms with Gasteiger partial charge in [-0.25, -0.2) is 18.5 Å². The topological polar surface area (TPSA) is 112 Å². The number of allylic oxidation sites excluding steroid dienone is 5. The van der Waals surface area contributed by atoms with Crippen molar-refractivity contribution >= 4 is 43.9 Å². The van der Waals surface area contributed by atoms with Gasteiger partial charge in [0.25, 0.3) is 5.70 Å². The van der Waals surface area contributed by atoms with Crippen LogP contribution in [0, 0.1) is 36.2 Å². The molecule has 0 aromatic heterocycles. The molecule has 0 bridgehead atoms. The van der Waals surface area contributed by atoms with Gasteiger partial charge in [0.1, 0.15) is 0 Å². The van der Waals surface area contributed by atoms with Crippen LogP contribution in [0.3, 0.4) is 0 Å². The van der Waals surface area contributed by atoms with Crippen molar-refractivity contribution in [3.63, 3.8) is 0 Å². The number of anilines is 1. The molecule has 1 aliphatic rings. The molecule has 9 heteroatoms. The van der Waals surface area contributed by atoms with Gasteiger partial charge in [0.2, 0.25) is 0 Å². The number of nitriles is 2. The molecule has 1 aliphatic heterocycles. The second kappa shape index (κ2) is 15.1. The molecule has 0 N–H and O–H groups in total. The van der Waals surface area contributed by atoms with E-state index in [1.807, 2.05) is 43.3 Å². The Labute approximate surface area is 252 Å². The predicted octanol–water partition coefficient (Wildman–Crippen LogP) is 7.95. The highest BCUT2D eigenvalue weighted by atomic mass is 32.2. The molecule has 0 unspecified atom stereocenters. The minimum absolute atomic E-state index is 0.0833. The van der Waals surface area contributed by atoms with Crippen molar-refractivity contribution in [1.29, 1.82) is 10.5 Å². The number of thioether (sulfide) groups is 1. The minimum Gasteiger partial charge on any atom is -0.748 e. The zero-order chi connectivity index (χ0) is 30.7. The third-order valence-electron chi connectivity index (χ3n) is 6.41. The van der Waals surface area contributed by atoms with Gasteiger partial charge in [0.15, 0.2) is 0 Å². The van der Waals surface area contributed by atoms with Crippen LogP contribution in [0.2, 0.25) is 0 Å². The lowest BCUT2D eigenvalue weighted by molar-refractivity contribution is 0.470. The Balaban J connectivity index is 0.000000892. The van der Waals surface area contributed by atoms with Crippen molar-refractivity contribution < 1.29 is 13.0 Å². The molecular formula is C33H31N4O3S2-. The second-order valence-electron chi connectivity index (χ2n) is 9.70. The van der Waals surface area contributed by atoms with Crippen molar-refractivity contribution in [2.24, 2.45) is 0 Å². The van der Waals surface area contributed by atoms with Crippen LogP contribution in [0.4, 0.5) is 5.69 Å². The fourth-order valence-electron chi connectivity index (χ4n) is 4.45. The summed E-state index contributed by atoms with van der Waals surface area (Å²) in [5.74, 6) is 0. The van der Waals surface area contributed by atoms with Gasteiger partial charge in [-0.2, -0.15) is 5.26 Å². The van der Waals surface area contributed by atoms with Crippen molar-refractivity contribution in [3.8, 4) is 12.1 Å². The maximum Gasteiger partial charge on any atom is 0.270 e. The van der Waals surface area contributed by atoms with Crippen LogP contribution < -0.4 is 4.90 Å². The predicted molar refractivity (Wildman–Crippen MR) is 169 cm³/mol.